The number of benzene rings is 1. The van der Waals surface area contributed by atoms with E-state index in [-0.39, 0.29) is 0 Å². The SMILES string of the molecule is Cc1cccc(C)c1NC(=S)N/N=C1/C[C@H]2CC=C[C@@H]12. The summed E-state index contributed by atoms with van der Waals surface area (Å²) in [5, 5.41) is 8.23. The summed E-state index contributed by atoms with van der Waals surface area (Å²) in [7, 11) is 0. The number of allylic oxidation sites excluding steroid dienone is 2. The van der Waals surface area contributed by atoms with Gasteiger partial charge in [0, 0.05) is 17.3 Å². The maximum atomic E-state index is 5.32. The number of hydrazone groups is 1. The summed E-state index contributed by atoms with van der Waals surface area (Å²) in [6.45, 7) is 4.15. The average Bonchev–Trinajstić information content (AvgIpc) is 2.76. The van der Waals surface area contributed by atoms with Crippen molar-refractivity contribution in [2.45, 2.75) is 26.7 Å². The molecule has 2 aliphatic carbocycles. The normalized spacial score (nSPS) is 25.2. The minimum atomic E-state index is 0.547. The van der Waals surface area contributed by atoms with Crippen LogP contribution in [0.2, 0.25) is 0 Å². The smallest absolute Gasteiger partial charge is 0.191 e. The second kappa shape index (κ2) is 5.37. The number of hydrogen-bond donors (Lipinski definition) is 2. The molecule has 3 nitrogen and oxygen atoms in total. The molecule has 0 amide bonds. The van der Waals surface area contributed by atoms with E-state index in [1.54, 1.807) is 0 Å². The number of hydrogen-bond acceptors (Lipinski definition) is 2. The van der Waals surface area contributed by atoms with Crippen molar-refractivity contribution < 1.29 is 0 Å². The van der Waals surface area contributed by atoms with Crippen molar-refractivity contribution in [1.82, 2.24) is 5.43 Å². The fourth-order valence-corrected chi connectivity index (χ4v) is 3.08. The summed E-state index contributed by atoms with van der Waals surface area (Å²) in [6, 6.07) is 6.20. The monoisotopic (exact) mass is 285 g/mol. The summed E-state index contributed by atoms with van der Waals surface area (Å²) in [5.41, 5.74) is 7.63. The maximum absolute atomic E-state index is 5.32. The Morgan fingerprint density at radius 2 is 2.05 bits per heavy atom. The van der Waals surface area contributed by atoms with Crippen molar-refractivity contribution in [3.05, 3.63) is 41.5 Å². The van der Waals surface area contributed by atoms with E-state index in [0.29, 0.717) is 11.0 Å². The number of aryl methyl sites for hydroxylation is 2. The Labute approximate surface area is 125 Å². The molecular weight excluding hydrogens is 266 g/mol. The molecule has 0 bridgehead atoms. The van der Waals surface area contributed by atoms with E-state index in [1.165, 1.54) is 23.3 Å². The van der Waals surface area contributed by atoms with E-state index in [2.05, 4.69) is 54.0 Å². The molecule has 0 saturated heterocycles. The highest BCUT2D eigenvalue weighted by Gasteiger charge is 2.37. The molecule has 0 heterocycles. The molecule has 3 rings (SSSR count). The van der Waals surface area contributed by atoms with Gasteiger partial charge in [0.05, 0.1) is 0 Å². The standard InChI is InChI=1S/C16H19N3S/c1-10-5-3-6-11(2)15(10)17-16(20)19-18-14-9-12-7-4-8-13(12)14/h3-6,8,12-13H,7,9H2,1-2H3,(H2,17,19,20)/b18-14-/t12-,13-/m1/s1. The zero-order valence-corrected chi connectivity index (χ0v) is 12.6. The summed E-state index contributed by atoms with van der Waals surface area (Å²) < 4.78 is 0. The van der Waals surface area contributed by atoms with Gasteiger partial charge in [0.1, 0.15) is 0 Å². The highest BCUT2D eigenvalue weighted by atomic mass is 32.1. The lowest BCUT2D eigenvalue weighted by atomic mass is 9.74. The van der Waals surface area contributed by atoms with Gasteiger partial charge in [0.15, 0.2) is 5.11 Å². The fourth-order valence-electron chi connectivity index (χ4n) is 2.94. The van der Waals surface area contributed by atoms with Gasteiger partial charge in [-0.2, -0.15) is 5.10 Å². The van der Waals surface area contributed by atoms with Gasteiger partial charge in [0.25, 0.3) is 0 Å². The lowest BCUT2D eigenvalue weighted by Crippen LogP contribution is -2.36. The Balaban J connectivity index is 1.61. The van der Waals surface area contributed by atoms with Gasteiger partial charge in [0.2, 0.25) is 0 Å². The van der Waals surface area contributed by atoms with E-state index in [9.17, 15) is 0 Å². The largest absolute Gasteiger partial charge is 0.331 e. The van der Waals surface area contributed by atoms with Crippen LogP contribution in [-0.4, -0.2) is 10.8 Å². The summed E-state index contributed by atoms with van der Waals surface area (Å²) in [6.07, 6.45) is 6.81. The number of nitrogens with one attached hydrogen (secondary N) is 2. The molecule has 0 aromatic heterocycles. The zero-order chi connectivity index (χ0) is 14.1. The predicted octanol–water partition coefficient (Wildman–Crippen LogP) is 3.54. The lowest BCUT2D eigenvalue weighted by molar-refractivity contribution is 0.444. The van der Waals surface area contributed by atoms with Crippen molar-refractivity contribution in [1.29, 1.82) is 0 Å². The summed E-state index contributed by atoms with van der Waals surface area (Å²) in [5.74, 6) is 1.33. The third-order valence-electron chi connectivity index (χ3n) is 4.17. The first-order chi connectivity index (χ1) is 9.65. The van der Waals surface area contributed by atoms with Crippen molar-refractivity contribution in [2.24, 2.45) is 16.9 Å². The molecule has 0 aliphatic heterocycles. The quantitative estimate of drug-likeness (QED) is 0.496. The van der Waals surface area contributed by atoms with Crippen LogP contribution in [-0.2, 0) is 0 Å². The van der Waals surface area contributed by atoms with Crippen LogP contribution in [0, 0.1) is 25.7 Å². The van der Waals surface area contributed by atoms with Crippen LogP contribution in [0.15, 0.2) is 35.5 Å². The number of fused-ring (bicyclic) bond motifs is 1. The van der Waals surface area contributed by atoms with E-state index in [1.807, 2.05) is 6.07 Å². The van der Waals surface area contributed by atoms with Crippen LogP contribution in [0.4, 0.5) is 5.69 Å². The van der Waals surface area contributed by atoms with E-state index >= 15 is 0 Å². The summed E-state index contributed by atoms with van der Waals surface area (Å²) >= 11 is 5.32. The molecule has 4 heteroatoms. The van der Waals surface area contributed by atoms with Crippen LogP contribution < -0.4 is 10.7 Å². The summed E-state index contributed by atoms with van der Waals surface area (Å²) in [4.78, 5) is 0. The highest BCUT2D eigenvalue weighted by Crippen LogP contribution is 2.40. The van der Waals surface area contributed by atoms with Crippen molar-refractivity contribution in [3.63, 3.8) is 0 Å². The Bertz CT molecular complexity index is 583. The van der Waals surface area contributed by atoms with Gasteiger partial charge >= 0.3 is 0 Å². The number of anilines is 1. The van der Waals surface area contributed by atoms with Crippen molar-refractivity contribution >= 4 is 28.7 Å². The molecule has 0 unspecified atom stereocenters. The molecule has 104 valence electrons. The van der Waals surface area contributed by atoms with E-state index in [0.717, 1.165) is 18.0 Å². The molecule has 1 aromatic carbocycles. The molecule has 2 atom stereocenters. The Hall–Kier alpha value is -1.68. The van der Waals surface area contributed by atoms with Gasteiger partial charge in [-0.1, -0.05) is 30.4 Å². The van der Waals surface area contributed by atoms with Crippen LogP contribution in [0.25, 0.3) is 0 Å². The first-order valence-corrected chi connectivity index (χ1v) is 7.42. The minimum Gasteiger partial charge on any atom is -0.331 e. The number of rotatable bonds is 2. The Morgan fingerprint density at radius 3 is 2.75 bits per heavy atom. The minimum absolute atomic E-state index is 0.547. The van der Waals surface area contributed by atoms with Crippen LogP contribution in [0.3, 0.4) is 0 Å². The molecule has 1 saturated carbocycles. The third-order valence-corrected chi connectivity index (χ3v) is 4.36. The zero-order valence-electron chi connectivity index (χ0n) is 11.8. The molecule has 1 aromatic rings. The molecular formula is C16H19N3S. The molecule has 20 heavy (non-hydrogen) atoms. The number of thiocarbonyl (C=S) groups is 1. The highest BCUT2D eigenvalue weighted by molar-refractivity contribution is 7.80. The van der Waals surface area contributed by atoms with Crippen molar-refractivity contribution in [3.8, 4) is 0 Å². The average molecular weight is 285 g/mol. The number of para-hydroxylation sites is 1. The molecule has 0 radical (unpaired) electrons. The molecule has 1 fully saturated rings. The topological polar surface area (TPSA) is 36.4 Å². The molecule has 2 N–H and O–H groups in total. The Kier molecular flexibility index (Phi) is 3.57. The van der Waals surface area contributed by atoms with E-state index < -0.39 is 0 Å². The van der Waals surface area contributed by atoms with Gasteiger partial charge < -0.3 is 5.32 Å². The van der Waals surface area contributed by atoms with Crippen LogP contribution in [0.5, 0.6) is 0 Å². The van der Waals surface area contributed by atoms with Gasteiger partial charge in [-0.25, -0.2) is 0 Å². The second-order valence-electron chi connectivity index (χ2n) is 5.59. The second-order valence-corrected chi connectivity index (χ2v) is 6.00. The number of nitrogens with zero attached hydrogens (tertiary/aromatic N) is 1. The van der Waals surface area contributed by atoms with Crippen LogP contribution in [0.1, 0.15) is 24.0 Å². The fraction of sp³-hybridized carbons (Fsp3) is 0.375. The first kappa shape index (κ1) is 13.3. The molecule has 2 aliphatic rings. The van der Waals surface area contributed by atoms with E-state index in [4.69, 9.17) is 12.2 Å². The third kappa shape index (κ3) is 2.48. The first-order valence-electron chi connectivity index (χ1n) is 7.01. The lowest BCUT2D eigenvalue weighted by Gasteiger charge is -2.31. The van der Waals surface area contributed by atoms with Gasteiger partial charge in [-0.3, -0.25) is 5.43 Å². The van der Waals surface area contributed by atoms with Crippen LogP contribution >= 0.6 is 12.2 Å². The Morgan fingerprint density at radius 1 is 1.30 bits per heavy atom. The van der Waals surface area contributed by atoms with Crippen molar-refractivity contribution in [2.75, 3.05) is 5.32 Å². The maximum Gasteiger partial charge on any atom is 0.191 e. The molecule has 0 spiro atoms. The van der Waals surface area contributed by atoms with Gasteiger partial charge in [-0.05, 0) is 56.0 Å². The predicted molar refractivity (Wildman–Crippen MR) is 88.1 cm³/mol. The van der Waals surface area contributed by atoms with Gasteiger partial charge in [-0.15, -0.1) is 0 Å².